The van der Waals surface area contributed by atoms with Crippen molar-refractivity contribution in [3.8, 4) is 0 Å². The van der Waals surface area contributed by atoms with Crippen LogP contribution in [0.3, 0.4) is 0 Å². The van der Waals surface area contributed by atoms with Crippen LogP contribution in [0.4, 0.5) is 0 Å². The molecule has 0 unspecified atom stereocenters. The van der Waals surface area contributed by atoms with Gasteiger partial charge in [0.05, 0.1) is 0 Å². The van der Waals surface area contributed by atoms with Gasteiger partial charge in [0.25, 0.3) is 0 Å². The van der Waals surface area contributed by atoms with Crippen LogP contribution >= 0.6 is 0 Å². The maximum Gasteiger partial charge on any atom is -0.0166 e. The van der Waals surface area contributed by atoms with Crippen molar-refractivity contribution < 1.29 is 0 Å². The maximum absolute atomic E-state index is 2.27. The Balaban J connectivity index is 3.53. The highest BCUT2D eigenvalue weighted by atomic mass is 13.8. The molecule has 0 aliphatic carbocycles. The number of hydrogen-bond acceptors (Lipinski definition) is 0. The fourth-order valence-corrected chi connectivity index (χ4v) is 1.37. The van der Waals surface area contributed by atoms with Gasteiger partial charge in [-0.1, -0.05) is 93.9 Å². The second-order valence-corrected chi connectivity index (χ2v) is 4.26. The van der Waals surface area contributed by atoms with Crippen LogP contribution in [0.2, 0.25) is 0 Å². The van der Waals surface area contributed by atoms with Gasteiger partial charge in [-0.2, -0.15) is 0 Å². The van der Waals surface area contributed by atoms with E-state index in [4.69, 9.17) is 0 Å². The van der Waals surface area contributed by atoms with E-state index in [1.165, 1.54) is 32.1 Å². The van der Waals surface area contributed by atoms with Crippen LogP contribution in [-0.4, -0.2) is 0 Å². The Morgan fingerprint density at radius 1 is 0.556 bits per heavy atom. The molecule has 0 saturated carbocycles. The zero-order valence-corrected chi connectivity index (χ0v) is 12.0. The molecule has 0 heteroatoms. The van der Waals surface area contributed by atoms with E-state index in [0.29, 0.717) is 0 Å². The molecule has 0 heterocycles. The summed E-state index contributed by atoms with van der Waals surface area (Å²) in [6.07, 6.45) is 28.6. The number of rotatable bonds is 10. The number of unbranched alkanes of at least 4 members (excludes halogenated alkanes) is 3. The van der Waals surface area contributed by atoms with E-state index < -0.39 is 0 Å². The Labute approximate surface area is 113 Å². The van der Waals surface area contributed by atoms with E-state index in [-0.39, 0.29) is 0 Å². The van der Waals surface area contributed by atoms with Gasteiger partial charge >= 0.3 is 0 Å². The first kappa shape index (κ1) is 16.7. The third kappa shape index (κ3) is 14.7. The molecule has 0 aromatic rings. The third-order valence-corrected chi connectivity index (χ3v) is 2.45. The standard InChI is InChI=1S/C18H28/c1-3-5-7-9-11-13-15-17-18-16-14-12-10-8-6-4-2/h7,9-13,15-18H,3-6,8,14H2,1-2H3. The molecule has 0 amide bonds. The predicted octanol–water partition coefficient (Wildman–Crippen LogP) is 6.15. The molecule has 0 aliphatic heterocycles. The normalized spacial score (nSPS) is 13.2. The second-order valence-electron chi connectivity index (χ2n) is 4.26. The lowest BCUT2D eigenvalue weighted by Gasteiger charge is -1.86. The van der Waals surface area contributed by atoms with Gasteiger partial charge in [0.15, 0.2) is 0 Å². The van der Waals surface area contributed by atoms with Gasteiger partial charge in [-0.05, 0) is 19.3 Å². The molecule has 0 spiro atoms. The van der Waals surface area contributed by atoms with E-state index in [1.807, 2.05) is 0 Å². The number of allylic oxidation sites excluding steroid dienone is 10. The molecule has 0 aromatic heterocycles. The fourth-order valence-electron chi connectivity index (χ4n) is 1.37. The van der Waals surface area contributed by atoms with Crippen molar-refractivity contribution in [2.75, 3.05) is 0 Å². The molecule has 18 heavy (non-hydrogen) atoms. The monoisotopic (exact) mass is 244 g/mol. The van der Waals surface area contributed by atoms with Crippen molar-refractivity contribution in [1.82, 2.24) is 0 Å². The lowest BCUT2D eigenvalue weighted by Crippen LogP contribution is -1.66. The van der Waals surface area contributed by atoms with Crippen LogP contribution in [0, 0.1) is 0 Å². The summed E-state index contributed by atoms with van der Waals surface area (Å²) < 4.78 is 0. The zero-order chi connectivity index (χ0) is 13.3. The summed E-state index contributed by atoms with van der Waals surface area (Å²) in [7, 11) is 0. The highest BCUT2D eigenvalue weighted by Crippen LogP contribution is 1.96. The molecule has 0 aliphatic rings. The van der Waals surface area contributed by atoms with Crippen molar-refractivity contribution in [3.05, 3.63) is 60.8 Å². The average Bonchev–Trinajstić information content (AvgIpc) is 2.39. The minimum absolute atomic E-state index is 1.04. The van der Waals surface area contributed by atoms with Crippen molar-refractivity contribution in [3.63, 3.8) is 0 Å². The van der Waals surface area contributed by atoms with E-state index in [0.717, 1.165) is 6.42 Å². The highest BCUT2D eigenvalue weighted by molar-refractivity contribution is 5.15. The van der Waals surface area contributed by atoms with Crippen LogP contribution in [0.5, 0.6) is 0 Å². The highest BCUT2D eigenvalue weighted by Gasteiger charge is 1.76. The molecule has 100 valence electrons. The van der Waals surface area contributed by atoms with Crippen LogP contribution in [-0.2, 0) is 0 Å². The summed E-state index contributed by atoms with van der Waals surface area (Å²) >= 11 is 0. The molecular weight excluding hydrogens is 216 g/mol. The Bertz CT molecular complexity index is 287. The van der Waals surface area contributed by atoms with Crippen LogP contribution in [0.25, 0.3) is 0 Å². The summed E-state index contributed by atoms with van der Waals surface area (Å²) in [5.41, 5.74) is 0. The summed E-state index contributed by atoms with van der Waals surface area (Å²) in [4.78, 5) is 0. The molecule has 0 saturated heterocycles. The molecule has 0 bridgehead atoms. The molecule has 0 atom stereocenters. The largest absolute Gasteiger partial charge is 0.0882 e. The van der Waals surface area contributed by atoms with E-state index in [9.17, 15) is 0 Å². The van der Waals surface area contributed by atoms with Gasteiger partial charge in [-0.15, -0.1) is 0 Å². The SMILES string of the molecule is CCCC=CC=CC=CC=CCC=CCCCC. The first-order chi connectivity index (χ1) is 8.91. The first-order valence-corrected chi connectivity index (χ1v) is 7.21. The Hall–Kier alpha value is -1.30. The first-order valence-electron chi connectivity index (χ1n) is 7.21. The molecule has 0 rings (SSSR count). The summed E-state index contributed by atoms with van der Waals surface area (Å²) in [6.45, 7) is 4.42. The lowest BCUT2D eigenvalue weighted by atomic mass is 10.2. The number of hydrogen-bond donors (Lipinski definition) is 0. The van der Waals surface area contributed by atoms with Crippen LogP contribution in [0.15, 0.2) is 60.8 Å². The van der Waals surface area contributed by atoms with Gasteiger partial charge in [0.1, 0.15) is 0 Å². The van der Waals surface area contributed by atoms with E-state index in [2.05, 4.69) is 74.6 Å². The lowest BCUT2D eigenvalue weighted by molar-refractivity contribution is 0.813. The summed E-state index contributed by atoms with van der Waals surface area (Å²) in [5.74, 6) is 0. The smallest absolute Gasteiger partial charge is 0.0166 e. The Kier molecular flexibility index (Phi) is 14.6. The molecule has 0 fully saturated rings. The van der Waals surface area contributed by atoms with Crippen molar-refractivity contribution in [1.29, 1.82) is 0 Å². The molecule has 0 aromatic carbocycles. The molecular formula is C18H28. The van der Waals surface area contributed by atoms with Gasteiger partial charge in [-0.3, -0.25) is 0 Å². The van der Waals surface area contributed by atoms with Gasteiger partial charge in [0, 0.05) is 0 Å². The zero-order valence-electron chi connectivity index (χ0n) is 12.0. The van der Waals surface area contributed by atoms with E-state index >= 15 is 0 Å². The fraction of sp³-hybridized carbons (Fsp3) is 0.444. The average molecular weight is 244 g/mol. The van der Waals surface area contributed by atoms with Crippen molar-refractivity contribution in [2.45, 2.75) is 52.4 Å². The minimum atomic E-state index is 1.04. The quantitative estimate of drug-likeness (QED) is 0.246. The topological polar surface area (TPSA) is 0 Å². The van der Waals surface area contributed by atoms with Crippen molar-refractivity contribution >= 4 is 0 Å². The van der Waals surface area contributed by atoms with Gasteiger partial charge in [-0.25, -0.2) is 0 Å². The van der Waals surface area contributed by atoms with Crippen LogP contribution < -0.4 is 0 Å². The van der Waals surface area contributed by atoms with Gasteiger partial charge < -0.3 is 0 Å². The minimum Gasteiger partial charge on any atom is -0.0882 e. The second kappa shape index (κ2) is 15.7. The van der Waals surface area contributed by atoms with Crippen molar-refractivity contribution in [2.24, 2.45) is 0 Å². The Morgan fingerprint density at radius 2 is 1.22 bits per heavy atom. The molecule has 0 N–H and O–H groups in total. The van der Waals surface area contributed by atoms with Crippen LogP contribution in [0.1, 0.15) is 52.4 Å². The third-order valence-electron chi connectivity index (χ3n) is 2.45. The molecule has 0 nitrogen and oxygen atoms in total. The predicted molar refractivity (Wildman–Crippen MR) is 84.8 cm³/mol. The maximum atomic E-state index is 2.27. The Morgan fingerprint density at radius 3 is 1.89 bits per heavy atom. The van der Waals surface area contributed by atoms with Gasteiger partial charge in [0.2, 0.25) is 0 Å². The summed E-state index contributed by atoms with van der Waals surface area (Å²) in [5, 5.41) is 0. The molecule has 0 radical (unpaired) electrons. The summed E-state index contributed by atoms with van der Waals surface area (Å²) in [6, 6.07) is 0. The van der Waals surface area contributed by atoms with E-state index in [1.54, 1.807) is 0 Å².